The van der Waals surface area contributed by atoms with Crippen LogP contribution in [0.15, 0.2) is 48.8 Å². The number of carbonyl (C=O) groups excluding carboxylic acids is 2. The van der Waals surface area contributed by atoms with Gasteiger partial charge in [0.05, 0.1) is 12.7 Å². The molecule has 1 aromatic heterocycles. The van der Waals surface area contributed by atoms with Crippen LogP contribution in [0.5, 0.6) is 5.75 Å². The number of carbonyl (C=O) groups is 2. The van der Waals surface area contributed by atoms with E-state index in [2.05, 4.69) is 10.3 Å². The molecule has 0 aliphatic carbocycles. The standard InChI is InChI=1S/C17H18N2O4/c1-12(23-17(21)14-7-9-18-10-8-14)16(20)19-11-13-3-5-15(22-2)6-4-13/h3-10,12H,11H2,1-2H3,(H,19,20)/t12-/m1/s1. The summed E-state index contributed by atoms with van der Waals surface area (Å²) in [7, 11) is 1.59. The van der Waals surface area contributed by atoms with Crippen LogP contribution in [0.4, 0.5) is 0 Å². The predicted molar refractivity (Wildman–Crippen MR) is 84.0 cm³/mol. The lowest BCUT2D eigenvalue weighted by Crippen LogP contribution is -2.35. The maximum absolute atomic E-state index is 12.0. The maximum Gasteiger partial charge on any atom is 0.339 e. The molecule has 0 aliphatic heterocycles. The van der Waals surface area contributed by atoms with Crippen LogP contribution in [-0.2, 0) is 16.1 Å². The normalized spacial score (nSPS) is 11.4. The highest BCUT2D eigenvalue weighted by molar-refractivity contribution is 5.92. The molecular formula is C17H18N2O4. The molecule has 1 N–H and O–H groups in total. The Labute approximate surface area is 134 Å². The topological polar surface area (TPSA) is 77.5 Å². The summed E-state index contributed by atoms with van der Waals surface area (Å²) in [6, 6.07) is 10.4. The van der Waals surface area contributed by atoms with Crippen LogP contribution in [0.25, 0.3) is 0 Å². The fraction of sp³-hybridized carbons (Fsp3) is 0.235. The van der Waals surface area contributed by atoms with Gasteiger partial charge in [-0.15, -0.1) is 0 Å². The number of nitrogens with one attached hydrogen (secondary N) is 1. The number of ether oxygens (including phenoxy) is 2. The van der Waals surface area contributed by atoms with E-state index in [0.29, 0.717) is 12.1 Å². The van der Waals surface area contributed by atoms with Gasteiger partial charge < -0.3 is 14.8 Å². The van der Waals surface area contributed by atoms with E-state index >= 15 is 0 Å². The molecule has 6 heteroatoms. The number of amides is 1. The summed E-state index contributed by atoms with van der Waals surface area (Å²) >= 11 is 0. The zero-order valence-corrected chi connectivity index (χ0v) is 13.0. The van der Waals surface area contributed by atoms with Crippen LogP contribution in [-0.4, -0.2) is 30.1 Å². The highest BCUT2D eigenvalue weighted by Crippen LogP contribution is 2.11. The van der Waals surface area contributed by atoms with Crippen molar-refractivity contribution in [2.75, 3.05) is 7.11 Å². The first-order valence-electron chi connectivity index (χ1n) is 7.12. The van der Waals surface area contributed by atoms with Crippen molar-refractivity contribution in [3.63, 3.8) is 0 Å². The molecule has 120 valence electrons. The van der Waals surface area contributed by atoms with Crippen molar-refractivity contribution in [2.24, 2.45) is 0 Å². The Morgan fingerprint density at radius 3 is 2.39 bits per heavy atom. The van der Waals surface area contributed by atoms with E-state index in [1.807, 2.05) is 24.3 Å². The van der Waals surface area contributed by atoms with Gasteiger partial charge in [0, 0.05) is 18.9 Å². The highest BCUT2D eigenvalue weighted by Gasteiger charge is 2.18. The van der Waals surface area contributed by atoms with E-state index in [4.69, 9.17) is 9.47 Å². The predicted octanol–water partition coefficient (Wildman–Crippen LogP) is 1.95. The molecule has 1 atom stereocenters. The van der Waals surface area contributed by atoms with Gasteiger partial charge in [-0.2, -0.15) is 0 Å². The number of hydrogen-bond donors (Lipinski definition) is 1. The molecule has 1 amide bonds. The Kier molecular flexibility index (Phi) is 5.68. The monoisotopic (exact) mass is 314 g/mol. The fourth-order valence-electron chi connectivity index (χ4n) is 1.85. The van der Waals surface area contributed by atoms with Gasteiger partial charge in [0.15, 0.2) is 6.10 Å². The number of aromatic nitrogens is 1. The van der Waals surface area contributed by atoms with Crippen molar-refractivity contribution in [2.45, 2.75) is 19.6 Å². The Bertz CT molecular complexity index is 656. The fourth-order valence-corrected chi connectivity index (χ4v) is 1.85. The van der Waals surface area contributed by atoms with Crippen molar-refractivity contribution >= 4 is 11.9 Å². The molecule has 0 radical (unpaired) electrons. The molecule has 0 fully saturated rings. The zero-order valence-electron chi connectivity index (χ0n) is 13.0. The molecule has 23 heavy (non-hydrogen) atoms. The third-order valence-corrected chi connectivity index (χ3v) is 3.19. The average molecular weight is 314 g/mol. The number of nitrogens with zero attached hydrogens (tertiary/aromatic N) is 1. The SMILES string of the molecule is COc1ccc(CNC(=O)[C@@H](C)OC(=O)c2ccncc2)cc1. The number of benzene rings is 1. The molecule has 2 rings (SSSR count). The van der Waals surface area contributed by atoms with E-state index in [1.54, 1.807) is 7.11 Å². The number of methoxy groups -OCH3 is 1. The molecule has 0 saturated carbocycles. The number of esters is 1. The minimum atomic E-state index is -0.881. The minimum Gasteiger partial charge on any atom is -0.497 e. The molecule has 2 aromatic rings. The smallest absolute Gasteiger partial charge is 0.339 e. The van der Waals surface area contributed by atoms with Crippen LogP contribution in [0, 0.1) is 0 Å². The van der Waals surface area contributed by atoms with Gasteiger partial charge in [-0.05, 0) is 36.8 Å². The average Bonchev–Trinajstić information content (AvgIpc) is 2.60. The van der Waals surface area contributed by atoms with Gasteiger partial charge in [0.25, 0.3) is 5.91 Å². The maximum atomic E-state index is 12.0. The molecular weight excluding hydrogens is 296 g/mol. The van der Waals surface area contributed by atoms with Crippen LogP contribution in [0.2, 0.25) is 0 Å². The molecule has 0 spiro atoms. The van der Waals surface area contributed by atoms with Crippen molar-refractivity contribution in [1.29, 1.82) is 0 Å². The van der Waals surface area contributed by atoms with E-state index < -0.39 is 12.1 Å². The second-order valence-electron chi connectivity index (χ2n) is 4.85. The van der Waals surface area contributed by atoms with Crippen molar-refractivity contribution in [3.8, 4) is 5.75 Å². The third-order valence-electron chi connectivity index (χ3n) is 3.19. The lowest BCUT2D eigenvalue weighted by Gasteiger charge is -2.13. The minimum absolute atomic E-state index is 0.347. The molecule has 0 unspecified atom stereocenters. The van der Waals surface area contributed by atoms with Gasteiger partial charge in [-0.25, -0.2) is 4.79 Å². The van der Waals surface area contributed by atoms with Crippen LogP contribution in [0.1, 0.15) is 22.8 Å². The first kappa shape index (κ1) is 16.5. The molecule has 1 aromatic carbocycles. The van der Waals surface area contributed by atoms with Gasteiger partial charge >= 0.3 is 5.97 Å². The summed E-state index contributed by atoms with van der Waals surface area (Å²) in [5.41, 5.74) is 1.28. The van der Waals surface area contributed by atoms with E-state index in [1.165, 1.54) is 31.5 Å². The lowest BCUT2D eigenvalue weighted by molar-refractivity contribution is -0.129. The Balaban J connectivity index is 1.83. The summed E-state index contributed by atoms with van der Waals surface area (Å²) in [6.07, 6.45) is 2.10. The molecule has 0 bridgehead atoms. The van der Waals surface area contributed by atoms with Gasteiger partial charge in [-0.1, -0.05) is 12.1 Å². The second-order valence-corrected chi connectivity index (χ2v) is 4.85. The molecule has 0 aliphatic rings. The Hall–Kier alpha value is -2.89. The van der Waals surface area contributed by atoms with Crippen molar-refractivity contribution < 1.29 is 19.1 Å². The number of hydrogen-bond acceptors (Lipinski definition) is 5. The summed E-state index contributed by atoms with van der Waals surface area (Å²) in [5.74, 6) is -0.164. The second kappa shape index (κ2) is 7.93. The largest absolute Gasteiger partial charge is 0.497 e. The van der Waals surface area contributed by atoms with E-state index in [9.17, 15) is 9.59 Å². The summed E-state index contributed by atoms with van der Waals surface area (Å²) in [4.78, 5) is 27.7. The number of pyridine rings is 1. The van der Waals surface area contributed by atoms with Crippen LogP contribution >= 0.6 is 0 Å². The molecule has 6 nitrogen and oxygen atoms in total. The summed E-state index contributed by atoms with van der Waals surface area (Å²) in [6.45, 7) is 1.88. The zero-order chi connectivity index (χ0) is 16.7. The van der Waals surface area contributed by atoms with E-state index in [0.717, 1.165) is 11.3 Å². The quantitative estimate of drug-likeness (QED) is 0.825. The van der Waals surface area contributed by atoms with Crippen LogP contribution < -0.4 is 10.1 Å². The Morgan fingerprint density at radius 1 is 1.13 bits per heavy atom. The van der Waals surface area contributed by atoms with Crippen LogP contribution in [0.3, 0.4) is 0 Å². The highest BCUT2D eigenvalue weighted by atomic mass is 16.5. The van der Waals surface area contributed by atoms with E-state index in [-0.39, 0.29) is 5.91 Å². The first-order chi connectivity index (χ1) is 11.1. The third kappa shape index (κ3) is 4.81. The van der Waals surface area contributed by atoms with Crippen molar-refractivity contribution in [3.05, 3.63) is 59.9 Å². The first-order valence-corrected chi connectivity index (χ1v) is 7.12. The Morgan fingerprint density at radius 2 is 1.78 bits per heavy atom. The summed E-state index contributed by atoms with van der Waals surface area (Å²) < 4.78 is 10.2. The summed E-state index contributed by atoms with van der Waals surface area (Å²) in [5, 5.41) is 2.72. The lowest BCUT2D eigenvalue weighted by atomic mass is 10.2. The van der Waals surface area contributed by atoms with Gasteiger partial charge in [-0.3, -0.25) is 9.78 Å². The molecule has 0 saturated heterocycles. The van der Waals surface area contributed by atoms with Gasteiger partial charge in [0.1, 0.15) is 5.75 Å². The van der Waals surface area contributed by atoms with Gasteiger partial charge in [0.2, 0.25) is 0 Å². The molecule has 1 heterocycles. The van der Waals surface area contributed by atoms with Crippen molar-refractivity contribution in [1.82, 2.24) is 10.3 Å². The number of rotatable bonds is 6.